The molecule has 1 heterocycles. The number of nitrogens with zero attached hydrogens (tertiary/aromatic N) is 2. The second-order valence-electron chi connectivity index (χ2n) is 5.61. The predicted molar refractivity (Wildman–Crippen MR) is 89.8 cm³/mol. The van der Waals surface area contributed by atoms with Crippen LogP contribution in [0.3, 0.4) is 0 Å². The molecule has 1 aromatic heterocycles. The van der Waals surface area contributed by atoms with Crippen molar-refractivity contribution < 1.29 is 19.1 Å². The average Bonchev–Trinajstić information content (AvgIpc) is 2.99. The number of oxazole rings is 1. The van der Waals surface area contributed by atoms with Crippen LogP contribution in [0, 0.1) is 0 Å². The third kappa shape index (κ3) is 4.58. The maximum Gasteiger partial charge on any atom is 0.323 e. The minimum absolute atomic E-state index is 0.133. The number of aromatic nitrogens is 1. The number of halogens is 1. The molecule has 0 radical (unpaired) electrons. The minimum atomic E-state index is -1.03. The van der Waals surface area contributed by atoms with Gasteiger partial charge in [0.2, 0.25) is 5.91 Å². The summed E-state index contributed by atoms with van der Waals surface area (Å²) in [5.41, 5.74) is 0.735. The molecule has 128 valence electrons. The first-order valence-corrected chi connectivity index (χ1v) is 7.97. The zero-order valence-corrected chi connectivity index (χ0v) is 14.3. The quantitative estimate of drug-likeness (QED) is 0.828. The molecule has 1 N–H and O–H groups in total. The molecule has 0 saturated carbocycles. The number of amides is 1. The molecular weight excluding hydrogens is 332 g/mol. The number of hydrogen-bond donors (Lipinski definition) is 1. The van der Waals surface area contributed by atoms with Crippen LogP contribution in [0.1, 0.15) is 26.2 Å². The third-order valence-corrected chi connectivity index (χ3v) is 3.82. The Balaban J connectivity index is 2.01. The van der Waals surface area contributed by atoms with Crippen molar-refractivity contribution in [3.05, 3.63) is 41.4 Å². The van der Waals surface area contributed by atoms with Gasteiger partial charge in [0.1, 0.15) is 6.54 Å². The standard InChI is InChI=1S/C17H19ClN2O4/c1-11(2)20(10-17(22)23)16(21)8-7-15-19-9-14(24-15)12-5-3-4-6-13(12)18/h3-6,9,11H,7-8,10H2,1-2H3,(H,22,23). The summed E-state index contributed by atoms with van der Waals surface area (Å²) in [6, 6.07) is 7.07. The number of aliphatic carboxylic acids is 1. The minimum Gasteiger partial charge on any atom is -0.480 e. The summed E-state index contributed by atoms with van der Waals surface area (Å²) in [7, 11) is 0. The lowest BCUT2D eigenvalue weighted by Crippen LogP contribution is -2.40. The summed E-state index contributed by atoms with van der Waals surface area (Å²) in [4.78, 5) is 28.5. The SMILES string of the molecule is CC(C)N(CC(=O)O)C(=O)CCc1ncc(-c2ccccc2Cl)o1. The van der Waals surface area contributed by atoms with Gasteiger partial charge < -0.3 is 14.4 Å². The van der Waals surface area contributed by atoms with E-state index in [4.69, 9.17) is 21.1 Å². The van der Waals surface area contributed by atoms with Crippen LogP contribution in [0.15, 0.2) is 34.9 Å². The molecule has 0 aliphatic carbocycles. The Kier molecular flexibility index (Phi) is 5.98. The lowest BCUT2D eigenvalue weighted by atomic mass is 10.2. The fraction of sp³-hybridized carbons (Fsp3) is 0.353. The molecule has 24 heavy (non-hydrogen) atoms. The van der Waals surface area contributed by atoms with Crippen molar-refractivity contribution in [3.63, 3.8) is 0 Å². The van der Waals surface area contributed by atoms with E-state index in [0.29, 0.717) is 23.1 Å². The molecule has 0 fully saturated rings. The Morgan fingerprint density at radius 3 is 2.67 bits per heavy atom. The highest BCUT2D eigenvalue weighted by atomic mass is 35.5. The van der Waals surface area contributed by atoms with E-state index in [9.17, 15) is 9.59 Å². The summed E-state index contributed by atoms with van der Waals surface area (Å²) in [6.07, 6.45) is 2.00. The van der Waals surface area contributed by atoms with E-state index in [-0.39, 0.29) is 24.9 Å². The molecule has 6 nitrogen and oxygen atoms in total. The molecule has 2 rings (SSSR count). The summed E-state index contributed by atoms with van der Waals surface area (Å²) in [5.74, 6) is -0.328. The number of rotatable bonds is 7. The molecule has 1 aromatic carbocycles. The molecule has 0 aliphatic heterocycles. The zero-order valence-electron chi connectivity index (χ0n) is 13.5. The number of carbonyl (C=O) groups is 2. The van der Waals surface area contributed by atoms with Crippen molar-refractivity contribution in [2.24, 2.45) is 0 Å². The molecule has 0 spiro atoms. The van der Waals surface area contributed by atoms with E-state index in [1.807, 2.05) is 18.2 Å². The van der Waals surface area contributed by atoms with Gasteiger partial charge in [-0.3, -0.25) is 9.59 Å². The van der Waals surface area contributed by atoms with Crippen molar-refractivity contribution >= 4 is 23.5 Å². The van der Waals surface area contributed by atoms with E-state index < -0.39 is 5.97 Å². The van der Waals surface area contributed by atoms with Gasteiger partial charge in [-0.15, -0.1) is 0 Å². The van der Waals surface area contributed by atoms with E-state index in [0.717, 1.165) is 5.56 Å². The maximum atomic E-state index is 12.2. The summed E-state index contributed by atoms with van der Waals surface area (Å²) in [5, 5.41) is 9.44. The molecule has 0 aliphatic rings. The van der Waals surface area contributed by atoms with Gasteiger partial charge in [0, 0.05) is 24.4 Å². The highest BCUT2D eigenvalue weighted by molar-refractivity contribution is 6.33. The van der Waals surface area contributed by atoms with Gasteiger partial charge in [-0.2, -0.15) is 0 Å². The van der Waals surface area contributed by atoms with Crippen molar-refractivity contribution in [2.45, 2.75) is 32.7 Å². The number of aryl methyl sites for hydroxylation is 1. The number of carboxylic acid groups (broad SMARTS) is 1. The van der Waals surface area contributed by atoms with Gasteiger partial charge in [0.25, 0.3) is 0 Å². The van der Waals surface area contributed by atoms with Gasteiger partial charge in [-0.05, 0) is 26.0 Å². The van der Waals surface area contributed by atoms with Crippen LogP contribution in [-0.2, 0) is 16.0 Å². The highest BCUT2D eigenvalue weighted by Gasteiger charge is 2.20. The molecule has 0 atom stereocenters. The number of carboxylic acids is 1. The van der Waals surface area contributed by atoms with Crippen LogP contribution >= 0.6 is 11.6 Å². The summed E-state index contributed by atoms with van der Waals surface area (Å²) >= 11 is 6.12. The molecule has 2 aromatic rings. The number of hydrogen-bond acceptors (Lipinski definition) is 4. The van der Waals surface area contributed by atoms with Crippen LogP contribution in [0.25, 0.3) is 11.3 Å². The molecule has 1 amide bonds. The lowest BCUT2D eigenvalue weighted by Gasteiger charge is -2.24. The Hall–Kier alpha value is -2.34. The Morgan fingerprint density at radius 2 is 2.04 bits per heavy atom. The van der Waals surface area contributed by atoms with E-state index in [1.165, 1.54) is 4.90 Å². The Bertz CT molecular complexity index is 727. The van der Waals surface area contributed by atoms with Gasteiger partial charge in [-0.25, -0.2) is 4.98 Å². The van der Waals surface area contributed by atoms with Gasteiger partial charge in [-0.1, -0.05) is 23.7 Å². The monoisotopic (exact) mass is 350 g/mol. The zero-order chi connectivity index (χ0) is 17.7. The van der Waals surface area contributed by atoms with Crippen molar-refractivity contribution in [3.8, 4) is 11.3 Å². The van der Waals surface area contributed by atoms with Gasteiger partial charge in [0.05, 0.1) is 11.2 Å². The smallest absolute Gasteiger partial charge is 0.323 e. The fourth-order valence-corrected chi connectivity index (χ4v) is 2.50. The second kappa shape index (κ2) is 7.97. The maximum absolute atomic E-state index is 12.2. The predicted octanol–water partition coefficient (Wildman–Crippen LogP) is 3.25. The van der Waals surface area contributed by atoms with Crippen molar-refractivity contribution in [2.75, 3.05) is 6.54 Å². The fourth-order valence-electron chi connectivity index (χ4n) is 2.27. The summed E-state index contributed by atoms with van der Waals surface area (Å²) < 4.78 is 5.64. The van der Waals surface area contributed by atoms with Crippen LogP contribution in [-0.4, -0.2) is 39.5 Å². The van der Waals surface area contributed by atoms with Crippen LogP contribution in [0.4, 0.5) is 0 Å². The molecule has 0 unspecified atom stereocenters. The van der Waals surface area contributed by atoms with Crippen LogP contribution < -0.4 is 0 Å². The van der Waals surface area contributed by atoms with Crippen LogP contribution in [0.5, 0.6) is 0 Å². The third-order valence-electron chi connectivity index (χ3n) is 3.49. The first-order valence-electron chi connectivity index (χ1n) is 7.59. The topological polar surface area (TPSA) is 83.6 Å². The lowest BCUT2D eigenvalue weighted by molar-refractivity contribution is -0.145. The van der Waals surface area contributed by atoms with Gasteiger partial charge in [0.15, 0.2) is 11.7 Å². The van der Waals surface area contributed by atoms with Crippen molar-refractivity contribution in [1.29, 1.82) is 0 Å². The van der Waals surface area contributed by atoms with Crippen LogP contribution in [0.2, 0.25) is 5.02 Å². The molecular formula is C17H19ClN2O4. The Morgan fingerprint density at radius 1 is 1.33 bits per heavy atom. The highest BCUT2D eigenvalue weighted by Crippen LogP contribution is 2.28. The normalized spacial score (nSPS) is 10.8. The van der Waals surface area contributed by atoms with E-state index in [2.05, 4.69) is 4.98 Å². The summed E-state index contributed by atoms with van der Waals surface area (Å²) in [6.45, 7) is 3.25. The van der Waals surface area contributed by atoms with Gasteiger partial charge >= 0.3 is 5.97 Å². The number of benzene rings is 1. The average molecular weight is 351 g/mol. The largest absolute Gasteiger partial charge is 0.480 e. The first kappa shape index (κ1) is 18.0. The van der Waals surface area contributed by atoms with E-state index >= 15 is 0 Å². The number of carbonyl (C=O) groups excluding carboxylic acids is 1. The van der Waals surface area contributed by atoms with E-state index in [1.54, 1.807) is 26.1 Å². The van der Waals surface area contributed by atoms with Crippen molar-refractivity contribution in [1.82, 2.24) is 9.88 Å². The molecule has 0 saturated heterocycles. The first-order chi connectivity index (χ1) is 11.4. The Labute approximate surface area is 145 Å². The molecule has 0 bridgehead atoms. The molecule has 7 heteroatoms. The second-order valence-corrected chi connectivity index (χ2v) is 6.01.